The summed E-state index contributed by atoms with van der Waals surface area (Å²) in [6, 6.07) is 0. The van der Waals surface area contributed by atoms with Crippen molar-refractivity contribution in [2.75, 3.05) is 6.54 Å². The summed E-state index contributed by atoms with van der Waals surface area (Å²) in [5.74, 6) is -11.2. The maximum Gasteiger partial charge on any atom is 0.463 e. The standard InChI is InChI=1S/C9H12F5NO3/c1-4(2)5(6(16)17)3-15-7(18)8(10,11)9(12,13)14/h4-5H,3H2,1-2H3,(H,15,18)(H,16,17). The van der Waals surface area contributed by atoms with E-state index in [-0.39, 0.29) is 0 Å². The van der Waals surface area contributed by atoms with Crippen molar-refractivity contribution in [3.8, 4) is 0 Å². The molecule has 0 aliphatic rings. The lowest BCUT2D eigenvalue weighted by atomic mass is 9.96. The van der Waals surface area contributed by atoms with E-state index in [0.29, 0.717) is 0 Å². The molecule has 2 N–H and O–H groups in total. The molecular formula is C9H12F5NO3. The van der Waals surface area contributed by atoms with E-state index >= 15 is 0 Å². The van der Waals surface area contributed by atoms with Crippen LogP contribution in [0.3, 0.4) is 0 Å². The van der Waals surface area contributed by atoms with Crippen LogP contribution in [0.2, 0.25) is 0 Å². The molecule has 1 amide bonds. The number of amides is 1. The highest BCUT2D eigenvalue weighted by Gasteiger charge is 2.63. The molecule has 0 heterocycles. The van der Waals surface area contributed by atoms with Crippen molar-refractivity contribution in [2.45, 2.75) is 25.9 Å². The van der Waals surface area contributed by atoms with Gasteiger partial charge in [0.05, 0.1) is 5.92 Å². The zero-order valence-corrected chi connectivity index (χ0v) is 9.52. The largest absolute Gasteiger partial charge is 0.481 e. The Hall–Kier alpha value is -1.41. The van der Waals surface area contributed by atoms with Crippen LogP contribution in [-0.4, -0.2) is 35.6 Å². The Morgan fingerprint density at radius 2 is 1.61 bits per heavy atom. The molecule has 0 rings (SSSR count). The van der Waals surface area contributed by atoms with Crippen LogP contribution >= 0.6 is 0 Å². The van der Waals surface area contributed by atoms with Crippen LogP contribution in [0, 0.1) is 11.8 Å². The van der Waals surface area contributed by atoms with E-state index < -0.39 is 42.4 Å². The quantitative estimate of drug-likeness (QED) is 0.751. The van der Waals surface area contributed by atoms with Gasteiger partial charge in [-0.2, -0.15) is 22.0 Å². The van der Waals surface area contributed by atoms with E-state index in [1.807, 2.05) is 0 Å². The molecule has 106 valence electrons. The fourth-order valence-electron chi connectivity index (χ4n) is 1.05. The minimum Gasteiger partial charge on any atom is -0.481 e. The van der Waals surface area contributed by atoms with Gasteiger partial charge in [0.15, 0.2) is 0 Å². The topological polar surface area (TPSA) is 66.4 Å². The Labute approximate surface area is 99.2 Å². The van der Waals surface area contributed by atoms with Gasteiger partial charge in [-0.3, -0.25) is 9.59 Å². The van der Waals surface area contributed by atoms with Crippen molar-refractivity contribution in [1.82, 2.24) is 5.32 Å². The van der Waals surface area contributed by atoms with Gasteiger partial charge in [0.2, 0.25) is 0 Å². The fraction of sp³-hybridized carbons (Fsp3) is 0.778. The number of nitrogens with one attached hydrogen (secondary N) is 1. The molecule has 1 unspecified atom stereocenters. The average Bonchev–Trinajstić information content (AvgIpc) is 2.14. The second kappa shape index (κ2) is 5.49. The first-order valence-corrected chi connectivity index (χ1v) is 4.87. The summed E-state index contributed by atoms with van der Waals surface area (Å²) in [7, 11) is 0. The molecule has 0 aromatic rings. The van der Waals surface area contributed by atoms with E-state index in [9.17, 15) is 31.5 Å². The molecule has 1 atom stereocenters. The number of alkyl halides is 5. The molecule has 0 bridgehead atoms. The molecular weight excluding hydrogens is 265 g/mol. The predicted molar refractivity (Wildman–Crippen MR) is 50.0 cm³/mol. The van der Waals surface area contributed by atoms with Gasteiger partial charge in [-0.05, 0) is 5.92 Å². The summed E-state index contributed by atoms with van der Waals surface area (Å²) in [4.78, 5) is 21.3. The van der Waals surface area contributed by atoms with Gasteiger partial charge < -0.3 is 10.4 Å². The lowest BCUT2D eigenvalue weighted by Crippen LogP contribution is -2.52. The normalized spacial score (nSPS) is 14.4. The molecule has 4 nitrogen and oxygen atoms in total. The van der Waals surface area contributed by atoms with Crippen molar-refractivity contribution in [3.63, 3.8) is 0 Å². The van der Waals surface area contributed by atoms with Crippen LogP contribution < -0.4 is 5.32 Å². The van der Waals surface area contributed by atoms with Gasteiger partial charge in [0.1, 0.15) is 0 Å². The van der Waals surface area contributed by atoms with Crippen molar-refractivity contribution in [1.29, 1.82) is 0 Å². The lowest BCUT2D eigenvalue weighted by molar-refractivity contribution is -0.269. The van der Waals surface area contributed by atoms with Gasteiger partial charge in [0, 0.05) is 6.54 Å². The third kappa shape index (κ3) is 3.81. The Bertz CT molecular complexity index is 327. The maximum absolute atomic E-state index is 12.5. The van der Waals surface area contributed by atoms with Gasteiger partial charge in [-0.1, -0.05) is 13.8 Å². The van der Waals surface area contributed by atoms with Crippen molar-refractivity contribution in [2.24, 2.45) is 11.8 Å². The Morgan fingerprint density at radius 3 is 1.89 bits per heavy atom. The molecule has 0 fully saturated rings. The monoisotopic (exact) mass is 277 g/mol. The molecule has 0 aromatic heterocycles. The van der Waals surface area contributed by atoms with Crippen molar-refractivity contribution >= 4 is 11.9 Å². The van der Waals surface area contributed by atoms with E-state index in [0.717, 1.165) is 0 Å². The molecule has 9 heteroatoms. The highest BCUT2D eigenvalue weighted by atomic mass is 19.4. The number of carboxylic acid groups (broad SMARTS) is 1. The minimum absolute atomic E-state index is 0.526. The third-order valence-electron chi connectivity index (χ3n) is 2.25. The van der Waals surface area contributed by atoms with Gasteiger partial charge in [-0.25, -0.2) is 0 Å². The summed E-state index contributed by atoms with van der Waals surface area (Å²) in [5, 5.41) is 9.96. The summed E-state index contributed by atoms with van der Waals surface area (Å²) < 4.78 is 60.4. The SMILES string of the molecule is CC(C)C(CNC(=O)C(F)(F)C(F)(F)F)C(=O)O. The molecule has 18 heavy (non-hydrogen) atoms. The first-order chi connectivity index (χ1) is 7.91. The van der Waals surface area contributed by atoms with Crippen LogP contribution in [0.15, 0.2) is 0 Å². The molecule has 0 spiro atoms. The van der Waals surface area contributed by atoms with E-state index in [1.165, 1.54) is 19.2 Å². The lowest BCUT2D eigenvalue weighted by Gasteiger charge is -2.21. The number of carbonyl (C=O) groups excluding carboxylic acids is 1. The van der Waals surface area contributed by atoms with Crippen LogP contribution in [0.4, 0.5) is 22.0 Å². The van der Waals surface area contributed by atoms with E-state index in [4.69, 9.17) is 5.11 Å². The summed E-state index contributed by atoms with van der Waals surface area (Å²) in [5.41, 5.74) is 0. The van der Waals surface area contributed by atoms with Crippen LogP contribution in [0.25, 0.3) is 0 Å². The fourth-order valence-corrected chi connectivity index (χ4v) is 1.05. The highest BCUT2D eigenvalue weighted by molar-refractivity contribution is 5.84. The Balaban J connectivity index is 4.65. The Morgan fingerprint density at radius 1 is 1.17 bits per heavy atom. The van der Waals surface area contributed by atoms with Crippen LogP contribution in [0.1, 0.15) is 13.8 Å². The third-order valence-corrected chi connectivity index (χ3v) is 2.25. The zero-order valence-electron chi connectivity index (χ0n) is 9.52. The molecule has 0 saturated carbocycles. The smallest absolute Gasteiger partial charge is 0.463 e. The number of hydrogen-bond donors (Lipinski definition) is 2. The molecule has 0 saturated heterocycles. The van der Waals surface area contributed by atoms with Gasteiger partial charge >= 0.3 is 18.1 Å². The number of aliphatic carboxylic acids is 1. The summed E-state index contributed by atoms with van der Waals surface area (Å²) in [6.45, 7) is 2.08. The first-order valence-electron chi connectivity index (χ1n) is 4.87. The number of halogens is 5. The maximum atomic E-state index is 12.5. The minimum atomic E-state index is -6.01. The summed E-state index contributed by atoms with van der Waals surface area (Å²) in [6.07, 6.45) is -6.01. The van der Waals surface area contributed by atoms with Gasteiger partial charge in [0.25, 0.3) is 5.91 Å². The highest BCUT2D eigenvalue weighted by Crippen LogP contribution is 2.35. The van der Waals surface area contributed by atoms with Crippen molar-refractivity contribution in [3.05, 3.63) is 0 Å². The van der Waals surface area contributed by atoms with E-state index in [2.05, 4.69) is 0 Å². The zero-order chi connectivity index (χ0) is 14.7. The predicted octanol–water partition coefficient (Wildman–Crippen LogP) is 1.66. The number of carbonyl (C=O) groups is 2. The second-order valence-corrected chi connectivity index (χ2v) is 3.97. The van der Waals surface area contributed by atoms with Crippen molar-refractivity contribution < 1.29 is 36.6 Å². The van der Waals surface area contributed by atoms with Crippen LogP contribution in [0.5, 0.6) is 0 Å². The molecule has 0 aliphatic heterocycles. The number of carboxylic acids is 1. The number of rotatable bonds is 5. The first kappa shape index (κ1) is 16.6. The average molecular weight is 277 g/mol. The van der Waals surface area contributed by atoms with Gasteiger partial charge in [-0.15, -0.1) is 0 Å². The second-order valence-electron chi connectivity index (χ2n) is 3.97. The molecule has 0 aromatic carbocycles. The Kier molecular flexibility index (Phi) is 5.06. The molecule has 0 aliphatic carbocycles. The van der Waals surface area contributed by atoms with Crippen LogP contribution in [-0.2, 0) is 9.59 Å². The van der Waals surface area contributed by atoms with E-state index in [1.54, 1.807) is 0 Å². The number of hydrogen-bond acceptors (Lipinski definition) is 2. The molecule has 0 radical (unpaired) electrons. The summed E-state index contributed by atoms with van der Waals surface area (Å²) >= 11 is 0.